The van der Waals surface area contributed by atoms with E-state index in [4.69, 9.17) is 25.5 Å². The molecule has 0 aliphatic carbocycles. The van der Waals surface area contributed by atoms with Gasteiger partial charge in [0.2, 0.25) is 11.8 Å². The predicted octanol–water partition coefficient (Wildman–Crippen LogP) is -1.73. The highest BCUT2D eigenvalue weighted by Gasteiger charge is 2.23. The number of amides is 2. The van der Waals surface area contributed by atoms with E-state index in [1.807, 2.05) is 5.32 Å². The molecule has 1 aromatic rings. The highest BCUT2D eigenvalue weighted by Crippen LogP contribution is 2.12. The lowest BCUT2D eigenvalue weighted by molar-refractivity contribution is -0.145. The Morgan fingerprint density at radius 1 is 1.08 bits per heavy atom. The molecule has 13 heteroatoms. The summed E-state index contributed by atoms with van der Waals surface area (Å²) in [6.07, 6.45) is -1.22. The van der Waals surface area contributed by atoms with Crippen molar-refractivity contribution in [2.24, 2.45) is 5.73 Å². The highest BCUT2D eigenvalue weighted by atomic mass is 16.4. The molecule has 2 atom stereocenters. The third-order valence-electron chi connectivity index (χ3n) is 2.58. The molecule has 13 nitrogen and oxygen atoms in total. The van der Waals surface area contributed by atoms with Crippen LogP contribution in [-0.2, 0) is 20.9 Å². The molecular weight excluding hydrogens is 330 g/mol. The molecule has 0 aliphatic rings. The Bertz CT molecular complexity index is 630. The van der Waals surface area contributed by atoms with Crippen molar-refractivity contribution in [2.45, 2.75) is 31.5 Å². The zero-order valence-electron chi connectivity index (χ0n) is 12.1. The van der Waals surface area contributed by atoms with Crippen molar-refractivity contribution in [1.29, 1.82) is 0 Å². The fraction of sp³-hybridized carbons (Fsp3) is 0.455. The number of nitrogens with two attached hydrogens (primary N) is 1. The fourth-order valence-corrected chi connectivity index (χ4v) is 1.50. The number of carboxylic acids is 3. The molecule has 1 rings (SSSR count). The molecule has 0 spiro atoms. The summed E-state index contributed by atoms with van der Waals surface area (Å²) < 4.78 is 5.05. The second-order valence-corrected chi connectivity index (χ2v) is 4.55. The Labute approximate surface area is 133 Å². The molecule has 0 aliphatic heterocycles. The third kappa shape index (κ3) is 6.27. The Hall–Kier alpha value is -3.22. The van der Waals surface area contributed by atoms with Crippen molar-refractivity contribution in [3.05, 3.63) is 11.8 Å². The summed E-state index contributed by atoms with van der Waals surface area (Å²) in [7, 11) is 0. The predicted molar refractivity (Wildman–Crippen MR) is 72.5 cm³/mol. The first kappa shape index (κ1) is 18.8. The van der Waals surface area contributed by atoms with Crippen LogP contribution in [0.25, 0.3) is 0 Å². The summed E-state index contributed by atoms with van der Waals surface area (Å²) >= 11 is 0. The van der Waals surface area contributed by atoms with Crippen LogP contribution >= 0.6 is 0 Å². The van der Waals surface area contributed by atoms with Crippen LogP contribution in [0.15, 0.2) is 4.42 Å². The molecule has 2 unspecified atom stereocenters. The van der Waals surface area contributed by atoms with Gasteiger partial charge in [-0.2, -0.15) is 0 Å². The average Bonchev–Trinajstić information content (AvgIpc) is 2.92. The van der Waals surface area contributed by atoms with E-state index in [2.05, 4.69) is 15.5 Å². The number of aromatic nitrogens is 2. The number of carbonyl (C=O) groups excluding carboxylic acids is 1. The minimum Gasteiger partial charge on any atom is -0.481 e. The van der Waals surface area contributed by atoms with Crippen LogP contribution in [-0.4, -0.2) is 55.5 Å². The zero-order chi connectivity index (χ0) is 18.3. The van der Waals surface area contributed by atoms with Gasteiger partial charge in [0.1, 0.15) is 6.04 Å². The van der Waals surface area contributed by atoms with Gasteiger partial charge in [0.15, 0.2) is 0 Å². The van der Waals surface area contributed by atoms with Crippen LogP contribution < -0.4 is 16.4 Å². The Morgan fingerprint density at radius 2 is 1.71 bits per heavy atom. The van der Waals surface area contributed by atoms with Gasteiger partial charge in [-0.3, -0.25) is 9.59 Å². The van der Waals surface area contributed by atoms with Crippen molar-refractivity contribution in [3.8, 4) is 0 Å². The molecule has 0 saturated carbocycles. The van der Waals surface area contributed by atoms with Crippen molar-refractivity contribution in [1.82, 2.24) is 20.8 Å². The zero-order valence-corrected chi connectivity index (χ0v) is 12.1. The number of carbonyl (C=O) groups is 4. The monoisotopic (exact) mass is 345 g/mol. The second-order valence-electron chi connectivity index (χ2n) is 4.55. The number of nitrogens with one attached hydrogen (secondary N) is 2. The van der Waals surface area contributed by atoms with Crippen molar-refractivity contribution < 1.29 is 38.9 Å². The van der Waals surface area contributed by atoms with Crippen LogP contribution in [0.1, 0.15) is 30.7 Å². The molecule has 1 aromatic heterocycles. The lowest BCUT2D eigenvalue weighted by atomic mass is 10.2. The van der Waals surface area contributed by atoms with Gasteiger partial charge >= 0.3 is 23.9 Å². The van der Waals surface area contributed by atoms with Gasteiger partial charge in [-0.25, -0.2) is 9.59 Å². The summed E-state index contributed by atoms with van der Waals surface area (Å²) in [6.45, 7) is -0.294. The molecule has 132 valence electrons. The highest BCUT2D eigenvalue weighted by molar-refractivity contribution is 5.86. The van der Waals surface area contributed by atoms with Crippen molar-refractivity contribution in [2.75, 3.05) is 0 Å². The normalized spacial score (nSPS) is 12.9. The molecule has 24 heavy (non-hydrogen) atoms. The SMILES string of the molecule is NC(CC(=O)O)c1nnc(CNC(=O)NC(CC(=O)O)C(=O)O)o1. The van der Waals surface area contributed by atoms with E-state index in [0.717, 1.165) is 0 Å². The van der Waals surface area contributed by atoms with Gasteiger partial charge in [-0.05, 0) is 0 Å². The summed E-state index contributed by atoms with van der Waals surface area (Å²) in [6, 6.07) is -3.58. The van der Waals surface area contributed by atoms with Crippen LogP contribution in [0.5, 0.6) is 0 Å². The minimum absolute atomic E-state index is 0.0916. The number of urea groups is 1. The third-order valence-corrected chi connectivity index (χ3v) is 2.58. The van der Waals surface area contributed by atoms with Gasteiger partial charge in [-0.15, -0.1) is 10.2 Å². The summed E-state index contributed by atoms with van der Waals surface area (Å²) in [5, 5.41) is 37.1. The fourth-order valence-electron chi connectivity index (χ4n) is 1.50. The average molecular weight is 345 g/mol. The van der Waals surface area contributed by atoms with E-state index in [-0.39, 0.29) is 18.3 Å². The number of rotatable bonds is 9. The van der Waals surface area contributed by atoms with Gasteiger partial charge in [0.25, 0.3) is 0 Å². The molecule has 2 amide bonds. The molecule has 7 N–H and O–H groups in total. The van der Waals surface area contributed by atoms with Gasteiger partial charge in [-0.1, -0.05) is 0 Å². The number of hydrogen-bond donors (Lipinski definition) is 6. The number of hydrogen-bond acceptors (Lipinski definition) is 8. The lowest BCUT2D eigenvalue weighted by Gasteiger charge is -2.12. The second kappa shape index (κ2) is 8.42. The van der Waals surface area contributed by atoms with Crippen LogP contribution in [0.2, 0.25) is 0 Å². The largest absolute Gasteiger partial charge is 0.481 e. The summed E-state index contributed by atoms with van der Waals surface area (Å²) in [4.78, 5) is 43.3. The maximum absolute atomic E-state index is 11.5. The molecule has 0 bridgehead atoms. The molecule has 0 radical (unpaired) electrons. The summed E-state index contributed by atoms with van der Waals surface area (Å²) in [5.41, 5.74) is 5.51. The molecule has 1 heterocycles. The maximum atomic E-state index is 11.5. The van der Waals surface area contributed by atoms with Gasteiger partial charge in [0, 0.05) is 0 Å². The molecular formula is C11H15N5O8. The van der Waals surface area contributed by atoms with E-state index >= 15 is 0 Å². The number of aliphatic carboxylic acids is 3. The standard InChI is InChI=1S/C11H15N5O8/c12-4(1-7(17)18)9-16-15-6(24-9)3-13-11(23)14-5(10(21)22)2-8(19)20/h4-5H,1-3,12H2,(H,17,18)(H,19,20)(H,21,22)(H2,13,14,23). The first-order valence-corrected chi connectivity index (χ1v) is 6.47. The number of carboxylic acid groups (broad SMARTS) is 3. The van der Waals surface area contributed by atoms with E-state index in [1.54, 1.807) is 0 Å². The van der Waals surface area contributed by atoms with Crippen molar-refractivity contribution >= 4 is 23.9 Å². The Kier molecular flexibility index (Phi) is 6.61. The Balaban J connectivity index is 2.52. The van der Waals surface area contributed by atoms with E-state index < -0.39 is 48.9 Å². The first-order chi connectivity index (χ1) is 11.2. The minimum atomic E-state index is -1.61. The van der Waals surface area contributed by atoms with Crippen LogP contribution in [0, 0.1) is 0 Å². The van der Waals surface area contributed by atoms with Gasteiger partial charge in [0.05, 0.1) is 25.4 Å². The topological polar surface area (TPSA) is 218 Å². The van der Waals surface area contributed by atoms with Crippen LogP contribution in [0.4, 0.5) is 4.79 Å². The maximum Gasteiger partial charge on any atom is 0.326 e. The number of nitrogens with zero attached hydrogens (tertiary/aromatic N) is 2. The van der Waals surface area contributed by atoms with Crippen molar-refractivity contribution in [3.63, 3.8) is 0 Å². The van der Waals surface area contributed by atoms with Gasteiger partial charge < -0.3 is 36.1 Å². The van der Waals surface area contributed by atoms with E-state index in [9.17, 15) is 19.2 Å². The smallest absolute Gasteiger partial charge is 0.326 e. The quantitative estimate of drug-likeness (QED) is 0.295. The van der Waals surface area contributed by atoms with Crippen LogP contribution in [0.3, 0.4) is 0 Å². The lowest BCUT2D eigenvalue weighted by Crippen LogP contribution is -2.46. The first-order valence-electron chi connectivity index (χ1n) is 6.47. The Morgan fingerprint density at radius 3 is 2.25 bits per heavy atom. The van der Waals surface area contributed by atoms with E-state index in [0.29, 0.717) is 0 Å². The van der Waals surface area contributed by atoms with E-state index in [1.165, 1.54) is 0 Å². The molecule has 0 aromatic carbocycles. The summed E-state index contributed by atoms with van der Waals surface area (Å²) in [5.74, 6) is -4.28. The molecule has 0 fully saturated rings. The molecule has 0 saturated heterocycles.